The van der Waals surface area contributed by atoms with E-state index in [0.717, 1.165) is 37.2 Å². The molecular weight excluding hydrogens is 873 g/mol. The van der Waals surface area contributed by atoms with E-state index < -0.39 is 0 Å². The van der Waals surface area contributed by atoms with E-state index >= 15 is 0 Å². The molecule has 0 aliphatic heterocycles. The minimum Gasteiger partial charge on any atom is -0.491 e. The van der Waals surface area contributed by atoms with Gasteiger partial charge in [-0.1, -0.05) is 77.6 Å². The van der Waals surface area contributed by atoms with E-state index in [4.69, 9.17) is 28.4 Å². The van der Waals surface area contributed by atoms with Gasteiger partial charge in [-0.15, -0.1) is 0 Å². The van der Waals surface area contributed by atoms with Gasteiger partial charge < -0.3 is 48.4 Å². The van der Waals surface area contributed by atoms with Crippen molar-refractivity contribution in [3.63, 3.8) is 0 Å². The van der Waals surface area contributed by atoms with Crippen LogP contribution >= 0.6 is 0 Å². The van der Waals surface area contributed by atoms with Gasteiger partial charge in [0.05, 0.1) is 64.7 Å². The van der Waals surface area contributed by atoms with E-state index in [1.165, 1.54) is 130 Å². The predicted molar refractivity (Wildman–Crippen MR) is 286 cm³/mol. The Bertz CT molecular complexity index is 2130. The molecule has 10 nitrogen and oxygen atoms in total. The van der Waals surface area contributed by atoms with Gasteiger partial charge in [-0.25, -0.2) is 0 Å². The van der Waals surface area contributed by atoms with E-state index in [-0.39, 0.29) is 11.8 Å². The summed E-state index contributed by atoms with van der Waals surface area (Å²) in [6.45, 7) is 22.9. The van der Waals surface area contributed by atoms with E-state index in [0.29, 0.717) is 66.1 Å². The van der Waals surface area contributed by atoms with Crippen molar-refractivity contribution in [2.24, 2.45) is 0 Å². The Hall–Kier alpha value is -5.00. The number of nitrogens with one attached hydrogen (secondary N) is 4. The fourth-order valence-electron chi connectivity index (χ4n) is 9.65. The third-order valence-corrected chi connectivity index (χ3v) is 14.0. The smallest absolute Gasteiger partial charge is 0.119 e. The molecule has 0 saturated heterocycles. The first-order valence-corrected chi connectivity index (χ1v) is 26.7. The molecule has 0 spiro atoms. The Labute approximate surface area is 420 Å². The fraction of sp³-hybridized carbons (Fsp3) is 0.533. The van der Waals surface area contributed by atoms with Gasteiger partial charge in [-0.3, -0.25) is 0 Å². The highest BCUT2D eigenvalue weighted by atomic mass is 16.6. The highest BCUT2D eigenvalue weighted by Gasteiger charge is 2.27. The molecule has 0 fully saturated rings. The van der Waals surface area contributed by atoms with E-state index in [9.17, 15) is 0 Å². The number of benzene rings is 2. The van der Waals surface area contributed by atoms with Gasteiger partial charge in [-0.2, -0.15) is 0 Å². The molecule has 2 aromatic carbocycles. The van der Waals surface area contributed by atoms with Crippen LogP contribution in [0.5, 0.6) is 11.5 Å². The number of rotatable bonds is 35. The molecule has 4 heterocycles. The van der Waals surface area contributed by atoms with E-state index in [2.05, 4.69) is 137 Å². The lowest BCUT2D eigenvalue weighted by Crippen LogP contribution is -2.15. The molecule has 0 saturated carbocycles. The van der Waals surface area contributed by atoms with Crippen LogP contribution in [-0.4, -0.2) is 86.0 Å². The molecule has 4 N–H and O–H groups in total. The normalized spacial score (nSPS) is 11.7. The van der Waals surface area contributed by atoms with E-state index in [1.807, 2.05) is 12.1 Å². The van der Waals surface area contributed by atoms with Gasteiger partial charge >= 0.3 is 0 Å². The first-order valence-electron chi connectivity index (χ1n) is 26.7. The third-order valence-electron chi connectivity index (χ3n) is 14.0. The second-order valence-electron chi connectivity index (χ2n) is 19.0. The Morgan fingerprint density at radius 1 is 0.371 bits per heavy atom. The molecule has 0 aliphatic carbocycles. The SMILES string of the molecule is CCCCc1c[nH]c(C(c2cccc(OCCOCCOCCOCCOCCOc3cccc(C(c4[nH]cc(CCCC)c4C)c4[nH]cc(CCCC)c4C)c3)c2)c2[nH]cc(CCCC)c2C)c1C. The van der Waals surface area contributed by atoms with Crippen LogP contribution in [0.1, 0.15) is 169 Å². The molecule has 10 heteroatoms. The number of hydrogen-bond donors (Lipinski definition) is 4. The summed E-state index contributed by atoms with van der Waals surface area (Å²) in [4.78, 5) is 14.8. The molecule has 6 aromatic rings. The van der Waals surface area contributed by atoms with Gasteiger partial charge in [0.1, 0.15) is 24.7 Å². The number of ether oxygens (including phenoxy) is 6. The van der Waals surface area contributed by atoms with Gasteiger partial charge in [0.2, 0.25) is 0 Å². The number of aryl methyl sites for hydroxylation is 4. The summed E-state index contributed by atoms with van der Waals surface area (Å²) in [6, 6.07) is 17.1. The van der Waals surface area contributed by atoms with E-state index in [1.54, 1.807) is 0 Å². The summed E-state index contributed by atoms with van der Waals surface area (Å²) in [5, 5.41) is 0. The lowest BCUT2D eigenvalue weighted by molar-refractivity contribution is -0.00699. The maximum Gasteiger partial charge on any atom is 0.119 e. The molecule has 0 radical (unpaired) electrons. The first kappa shape index (κ1) is 54.3. The van der Waals surface area contributed by atoms with Crippen molar-refractivity contribution >= 4 is 0 Å². The summed E-state index contributed by atoms with van der Waals surface area (Å²) in [5.74, 6) is 1.80. The van der Waals surface area contributed by atoms with Gasteiger partial charge in [0.25, 0.3) is 0 Å². The van der Waals surface area contributed by atoms with Crippen molar-refractivity contribution in [2.75, 3.05) is 66.1 Å². The van der Waals surface area contributed by atoms with Crippen LogP contribution in [-0.2, 0) is 44.6 Å². The van der Waals surface area contributed by atoms with Crippen LogP contribution in [0.2, 0.25) is 0 Å². The first-order chi connectivity index (χ1) is 34.3. The van der Waals surface area contributed by atoms with Crippen molar-refractivity contribution in [3.8, 4) is 11.5 Å². The minimum atomic E-state index is 0.0562. The van der Waals surface area contributed by atoms with Crippen LogP contribution in [0, 0.1) is 27.7 Å². The highest BCUT2D eigenvalue weighted by molar-refractivity contribution is 5.51. The molecule has 0 aliphatic rings. The molecule has 70 heavy (non-hydrogen) atoms. The number of unbranched alkanes of at least 4 members (excludes halogenated alkanes) is 4. The topological polar surface area (TPSA) is 119 Å². The summed E-state index contributed by atoms with van der Waals surface area (Å²) in [7, 11) is 0. The average molecular weight is 959 g/mol. The lowest BCUT2D eigenvalue weighted by atomic mass is 9.87. The maximum absolute atomic E-state index is 6.22. The van der Waals surface area contributed by atoms with Gasteiger partial charge in [0, 0.05) is 47.6 Å². The Morgan fingerprint density at radius 2 is 0.643 bits per heavy atom. The van der Waals surface area contributed by atoms with Gasteiger partial charge in [-0.05, 0) is 159 Å². The summed E-state index contributed by atoms with van der Waals surface area (Å²) < 4.78 is 35.6. The summed E-state index contributed by atoms with van der Waals surface area (Å²) >= 11 is 0. The fourth-order valence-corrected chi connectivity index (χ4v) is 9.65. The molecule has 382 valence electrons. The Morgan fingerprint density at radius 3 is 0.914 bits per heavy atom. The number of hydrogen-bond acceptors (Lipinski definition) is 6. The van der Waals surface area contributed by atoms with Crippen molar-refractivity contribution in [3.05, 3.63) is 152 Å². The van der Waals surface area contributed by atoms with Crippen LogP contribution < -0.4 is 9.47 Å². The zero-order chi connectivity index (χ0) is 49.5. The third kappa shape index (κ3) is 15.3. The number of H-pyrrole nitrogens is 4. The molecule has 0 bridgehead atoms. The quantitative estimate of drug-likeness (QED) is 0.0295. The van der Waals surface area contributed by atoms with Crippen molar-refractivity contribution in [2.45, 2.75) is 144 Å². The largest absolute Gasteiger partial charge is 0.491 e. The summed E-state index contributed by atoms with van der Waals surface area (Å²) in [5.41, 5.74) is 18.4. The van der Waals surface area contributed by atoms with Crippen molar-refractivity contribution in [1.82, 2.24) is 19.9 Å². The monoisotopic (exact) mass is 959 g/mol. The molecule has 4 aromatic heterocycles. The lowest BCUT2D eigenvalue weighted by Gasteiger charge is -2.20. The van der Waals surface area contributed by atoms with Crippen LogP contribution in [0.15, 0.2) is 73.3 Å². The second kappa shape index (κ2) is 29.4. The molecule has 0 atom stereocenters. The summed E-state index contributed by atoms with van der Waals surface area (Å²) in [6.07, 6.45) is 22.7. The molecule has 6 rings (SSSR count). The predicted octanol–water partition coefficient (Wildman–Crippen LogP) is 13.5. The number of aromatic nitrogens is 4. The van der Waals surface area contributed by atoms with Crippen molar-refractivity contribution < 1.29 is 28.4 Å². The molecule has 0 amide bonds. The zero-order valence-corrected chi connectivity index (χ0v) is 44.1. The average Bonchev–Trinajstić information content (AvgIpc) is 4.14. The van der Waals surface area contributed by atoms with Crippen molar-refractivity contribution in [1.29, 1.82) is 0 Å². The highest BCUT2D eigenvalue weighted by Crippen LogP contribution is 2.39. The Kier molecular flexibility index (Phi) is 22.8. The minimum absolute atomic E-state index is 0.0562. The Balaban J connectivity index is 0.866. The molecule has 0 unspecified atom stereocenters. The van der Waals surface area contributed by atoms with Crippen LogP contribution in [0.4, 0.5) is 0 Å². The van der Waals surface area contributed by atoms with Crippen LogP contribution in [0.3, 0.4) is 0 Å². The molecular formula is C60H86N4O6. The van der Waals surface area contributed by atoms with Crippen LogP contribution in [0.25, 0.3) is 0 Å². The second-order valence-corrected chi connectivity index (χ2v) is 19.0. The number of aromatic amines is 4. The standard InChI is InChI=1S/C60H86N4O6/c1-9-13-19-49-39-61-57(43(49)5)55(58-44(6)50(40-62-58)20-14-10-2)47-23-17-25-53(37-47)69-35-33-67-31-29-65-27-28-66-30-32-68-34-36-70-54-26-18-24-48(38-54)56(59-45(7)51(41-63-59)21-15-11-3)60-46(8)52(42-64-60)22-16-12-4/h17-18,23-26,37-42,55-56,61-64H,9-16,19-22,27-36H2,1-8H3. The zero-order valence-electron chi connectivity index (χ0n) is 44.1. The van der Waals surface area contributed by atoms with Gasteiger partial charge in [0.15, 0.2) is 0 Å². The maximum atomic E-state index is 6.22.